The van der Waals surface area contributed by atoms with E-state index >= 15 is 0 Å². The molecule has 0 saturated carbocycles. The predicted octanol–water partition coefficient (Wildman–Crippen LogP) is 1.26. The Morgan fingerprint density at radius 1 is 1.40 bits per heavy atom. The number of halogens is 2. The van der Waals surface area contributed by atoms with Gasteiger partial charge in [-0.25, -0.2) is 8.78 Å². The van der Waals surface area contributed by atoms with Gasteiger partial charge in [0.25, 0.3) is 6.43 Å². The van der Waals surface area contributed by atoms with Gasteiger partial charge in [-0.05, 0) is 12.1 Å². The molecule has 0 fully saturated rings. The average molecular weight is 304 g/mol. The summed E-state index contributed by atoms with van der Waals surface area (Å²) >= 11 is 4.86. The fraction of sp³-hybridized carbons (Fsp3) is 0.462. The second-order valence-corrected chi connectivity index (χ2v) is 4.60. The van der Waals surface area contributed by atoms with E-state index in [1.165, 1.54) is 4.90 Å². The first-order chi connectivity index (χ1) is 9.52. The Morgan fingerprint density at radius 3 is 2.75 bits per heavy atom. The van der Waals surface area contributed by atoms with Gasteiger partial charge < -0.3 is 15.6 Å². The largest absolute Gasteiger partial charge is 0.492 e. The van der Waals surface area contributed by atoms with Crippen LogP contribution in [0.3, 0.4) is 0 Å². The summed E-state index contributed by atoms with van der Waals surface area (Å²) in [5.41, 5.74) is 6.20. The van der Waals surface area contributed by atoms with E-state index in [9.17, 15) is 8.78 Å². The van der Waals surface area contributed by atoms with Crippen molar-refractivity contribution in [3.05, 3.63) is 29.8 Å². The van der Waals surface area contributed by atoms with Gasteiger partial charge in [0.15, 0.2) is 0 Å². The number of nitrogens with zero attached hydrogens (tertiary/aromatic N) is 1. The molecule has 0 spiro atoms. The monoisotopic (exact) mass is 304 g/mol. The number of hydrogen-bond acceptors (Lipinski definition) is 4. The Balaban J connectivity index is 2.45. The molecule has 0 heterocycles. The van der Waals surface area contributed by atoms with Crippen LogP contribution >= 0.6 is 12.2 Å². The molecule has 1 rings (SSSR count). The number of nitrogens with two attached hydrogens (primary N) is 1. The van der Waals surface area contributed by atoms with Gasteiger partial charge in [0, 0.05) is 18.7 Å². The topological polar surface area (TPSA) is 58.7 Å². The minimum atomic E-state index is -2.43. The highest BCUT2D eigenvalue weighted by molar-refractivity contribution is 7.80. The molecule has 112 valence electrons. The van der Waals surface area contributed by atoms with Gasteiger partial charge in [0.05, 0.1) is 13.2 Å². The third-order valence-electron chi connectivity index (χ3n) is 2.61. The molecule has 0 saturated heterocycles. The maximum atomic E-state index is 12.3. The highest BCUT2D eigenvalue weighted by Gasteiger charge is 2.11. The van der Waals surface area contributed by atoms with Gasteiger partial charge in [-0.3, -0.25) is 4.90 Å². The molecule has 0 aliphatic heterocycles. The van der Waals surface area contributed by atoms with Crippen molar-refractivity contribution in [3.63, 3.8) is 0 Å². The Hall–Kier alpha value is -1.31. The zero-order valence-corrected chi connectivity index (χ0v) is 11.8. The standard InChI is InChI=1S/C13H18F2N2O2S/c14-12(15)9-17(4-6-18)5-7-19-11-3-1-2-10(8-11)13(16)20/h1-3,8,12,18H,4-7,9H2,(H2,16,20). The summed E-state index contributed by atoms with van der Waals surface area (Å²) in [7, 11) is 0. The fourth-order valence-corrected chi connectivity index (χ4v) is 1.79. The molecule has 0 unspecified atom stereocenters. The van der Waals surface area contributed by atoms with E-state index in [1.807, 2.05) is 0 Å². The lowest BCUT2D eigenvalue weighted by Gasteiger charge is -2.20. The first-order valence-electron chi connectivity index (χ1n) is 6.17. The summed E-state index contributed by atoms with van der Waals surface area (Å²) < 4.78 is 30.1. The van der Waals surface area contributed by atoms with Crippen molar-refractivity contribution < 1.29 is 18.6 Å². The van der Waals surface area contributed by atoms with Crippen LogP contribution in [0.25, 0.3) is 0 Å². The van der Waals surface area contributed by atoms with E-state index in [1.54, 1.807) is 24.3 Å². The van der Waals surface area contributed by atoms with Gasteiger partial charge in [-0.15, -0.1) is 0 Å². The molecule has 20 heavy (non-hydrogen) atoms. The molecule has 0 bridgehead atoms. The first kappa shape index (κ1) is 16.7. The van der Waals surface area contributed by atoms with Gasteiger partial charge in [-0.1, -0.05) is 24.4 Å². The minimum Gasteiger partial charge on any atom is -0.492 e. The Kier molecular flexibility index (Phi) is 7.35. The number of ether oxygens (including phenoxy) is 1. The van der Waals surface area contributed by atoms with Crippen molar-refractivity contribution in [1.82, 2.24) is 4.90 Å². The lowest BCUT2D eigenvalue weighted by Crippen LogP contribution is -2.35. The van der Waals surface area contributed by atoms with Crippen LogP contribution in [0.4, 0.5) is 8.78 Å². The molecule has 0 aromatic heterocycles. The first-order valence-corrected chi connectivity index (χ1v) is 6.57. The number of aliphatic hydroxyl groups excluding tert-OH is 1. The summed E-state index contributed by atoms with van der Waals surface area (Å²) in [6.07, 6.45) is -2.43. The molecule has 0 aliphatic carbocycles. The number of benzene rings is 1. The van der Waals surface area contributed by atoms with E-state index in [0.717, 1.165) is 0 Å². The smallest absolute Gasteiger partial charge is 0.251 e. The highest BCUT2D eigenvalue weighted by Crippen LogP contribution is 2.13. The number of rotatable bonds is 9. The van der Waals surface area contributed by atoms with Crippen LogP contribution in [-0.4, -0.2) is 54.3 Å². The normalized spacial score (nSPS) is 11.1. The van der Waals surface area contributed by atoms with Gasteiger partial charge in [0.2, 0.25) is 0 Å². The lowest BCUT2D eigenvalue weighted by atomic mass is 10.2. The Bertz CT molecular complexity index is 433. The summed E-state index contributed by atoms with van der Waals surface area (Å²) in [5.74, 6) is 0.580. The molecule has 0 atom stereocenters. The molecular formula is C13H18F2N2O2S. The third kappa shape index (κ3) is 6.23. The van der Waals surface area contributed by atoms with Crippen molar-refractivity contribution in [3.8, 4) is 5.75 Å². The van der Waals surface area contributed by atoms with Crippen LogP contribution in [0.5, 0.6) is 5.75 Å². The second-order valence-electron chi connectivity index (χ2n) is 4.16. The molecule has 0 amide bonds. The molecule has 0 radical (unpaired) electrons. The van der Waals surface area contributed by atoms with Gasteiger partial charge in [0.1, 0.15) is 17.3 Å². The van der Waals surface area contributed by atoms with E-state index in [0.29, 0.717) is 17.9 Å². The molecule has 1 aromatic carbocycles. The Morgan fingerprint density at radius 2 is 2.15 bits per heavy atom. The van der Waals surface area contributed by atoms with E-state index in [4.69, 9.17) is 27.8 Å². The number of thiocarbonyl (C=S) groups is 1. The van der Waals surface area contributed by atoms with Crippen molar-refractivity contribution in [2.45, 2.75) is 6.43 Å². The van der Waals surface area contributed by atoms with Gasteiger partial charge in [-0.2, -0.15) is 0 Å². The van der Waals surface area contributed by atoms with Crippen LogP contribution < -0.4 is 10.5 Å². The molecule has 4 nitrogen and oxygen atoms in total. The van der Waals surface area contributed by atoms with E-state index in [2.05, 4.69) is 0 Å². The molecule has 0 aliphatic rings. The zero-order chi connectivity index (χ0) is 15.0. The SMILES string of the molecule is NC(=S)c1cccc(OCCN(CCO)CC(F)F)c1. The quantitative estimate of drug-likeness (QED) is 0.673. The van der Waals surface area contributed by atoms with Gasteiger partial charge >= 0.3 is 0 Å². The van der Waals surface area contributed by atoms with Crippen LogP contribution in [0.15, 0.2) is 24.3 Å². The highest BCUT2D eigenvalue weighted by atomic mass is 32.1. The second kappa shape index (κ2) is 8.78. The number of aliphatic hydroxyl groups is 1. The maximum absolute atomic E-state index is 12.3. The number of hydrogen-bond donors (Lipinski definition) is 2. The zero-order valence-electron chi connectivity index (χ0n) is 11.0. The van der Waals surface area contributed by atoms with E-state index in [-0.39, 0.29) is 31.3 Å². The van der Waals surface area contributed by atoms with Crippen LogP contribution in [0.1, 0.15) is 5.56 Å². The van der Waals surface area contributed by atoms with E-state index < -0.39 is 6.43 Å². The maximum Gasteiger partial charge on any atom is 0.251 e. The third-order valence-corrected chi connectivity index (χ3v) is 2.84. The number of alkyl halides is 2. The molecular weight excluding hydrogens is 286 g/mol. The summed E-state index contributed by atoms with van der Waals surface area (Å²) in [4.78, 5) is 1.72. The summed E-state index contributed by atoms with van der Waals surface area (Å²) in [6, 6.07) is 6.97. The van der Waals surface area contributed by atoms with Crippen molar-refractivity contribution in [1.29, 1.82) is 0 Å². The van der Waals surface area contributed by atoms with Crippen molar-refractivity contribution in [2.75, 3.05) is 32.8 Å². The predicted molar refractivity (Wildman–Crippen MR) is 77.4 cm³/mol. The molecule has 3 N–H and O–H groups in total. The lowest BCUT2D eigenvalue weighted by molar-refractivity contribution is 0.0709. The average Bonchev–Trinajstić information content (AvgIpc) is 2.38. The van der Waals surface area contributed by atoms with Crippen LogP contribution in [0.2, 0.25) is 0 Å². The van der Waals surface area contributed by atoms with Crippen LogP contribution in [-0.2, 0) is 0 Å². The summed E-state index contributed by atoms with van der Waals surface area (Å²) in [5, 5.41) is 8.81. The molecule has 1 aromatic rings. The van der Waals surface area contributed by atoms with Crippen molar-refractivity contribution in [2.24, 2.45) is 5.73 Å². The Labute approximate surface area is 122 Å². The summed E-state index contributed by atoms with van der Waals surface area (Å²) in [6.45, 7) is 0.205. The fourth-order valence-electron chi connectivity index (χ4n) is 1.66. The minimum absolute atomic E-state index is 0.163. The van der Waals surface area contributed by atoms with Crippen LogP contribution in [0, 0.1) is 0 Å². The molecule has 7 heteroatoms. The van der Waals surface area contributed by atoms with Crippen molar-refractivity contribution >= 4 is 17.2 Å².